The molecule has 0 saturated heterocycles. The van der Waals surface area contributed by atoms with Gasteiger partial charge in [-0.1, -0.05) is 28.9 Å². The molecule has 1 atom stereocenters. The zero-order valence-corrected chi connectivity index (χ0v) is 13.3. The van der Waals surface area contributed by atoms with E-state index < -0.39 is 0 Å². The van der Waals surface area contributed by atoms with E-state index in [1.54, 1.807) is 7.11 Å². The summed E-state index contributed by atoms with van der Waals surface area (Å²) in [5.41, 5.74) is 1.19. The minimum atomic E-state index is 0.461. The maximum atomic E-state index is 5.38. The van der Waals surface area contributed by atoms with Gasteiger partial charge in [0, 0.05) is 29.2 Å². The third-order valence-corrected chi connectivity index (χ3v) is 3.51. The Hall–Kier alpha value is -0.580. The predicted octanol–water partition coefficient (Wildman–Crippen LogP) is 2.89. The molecule has 3 nitrogen and oxygen atoms in total. The molecule has 0 aromatic heterocycles. The fraction of sp³-hybridized carbons (Fsp3) is 0.571. The topological polar surface area (TPSA) is 24.5 Å². The van der Waals surface area contributed by atoms with E-state index in [0.29, 0.717) is 6.04 Å². The first-order valence-corrected chi connectivity index (χ1v) is 7.10. The summed E-state index contributed by atoms with van der Waals surface area (Å²) < 4.78 is 6.42. The number of halogens is 1. The van der Waals surface area contributed by atoms with Gasteiger partial charge in [-0.25, -0.2) is 0 Å². The van der Waals surface area contributed by atoms with Crippen molar-refractivity contribution in [2.24, 2.45) is 0 Å². The van der Waals surface area contributed by atoms with Crippen molar-refractivity contribution in [3.8, 4) is 5.75 Å². The number of hydrogen-bond acceptors (Lipinski definition) is 3. The minimum Gasteiger partial charge on any atom is -0.496 e. The number of benzene rings is 1. The van der Waals surface area contributed by atoms with Gasteiger partial charge >= 0.3 is 0 Å². The zero-order valence-electron chi connectivity index (χ0n) is 11.7. The molecule has 102 valence electrons. The first-order valence-electron chi connectivity index (χ1n) is 6.31. The molecule has 0 heterocycles. The van der Waals surface area contributed by atoms with Crippen molar-refractivity contribution in [2.45, 2.75) is 26.4 Å². The Labute approximate surface area is 119 Å². The molecule has 0 aliphatic heterocycles. The second-order valence-corrected chi connectivity index (χ2v) is 5.51. The standard InChI is InChI=1S/C14H23BrN2O/c1-5-17(3)10-11(2)16-9-12-6-7-13(15)8-14(12)18-4/h6-8,11,16H,5,9-10H2,1-4H3. The van der Waals surface area contributed by atoms with Crippen LogP contribution >= 0.6 is 15.9 Å². The van der Waals surface area contributed by atoms with E-state index in [2.05, 4.69) is 53.1 Å². The summed E-state index contributed by atoms with van der Waals surface area (Å²) in [5.74, 6) is 0.924. The van der Waals surface area contributed by atoms with Crippen LogP contribution in [-0.4, -0.2) is 38.2 Å². The summed E-state index contributed by atoms with van der Waals surface area (Å²) in [4.78, 5) is 2.30. The molecule has 0 bridgehead atoms. The van der Waals surface area contributed by atoms with Gasteiger partial charge in [0.2, 0.25) is 0 Å². The summed E-state index contributed by atoms with van der Waals surface area (Å²) in [6.07, 6.45) is 0. The lowest BCUT2D eigenvalue weighted by Gasteiger charge is -2.21. The first kappa shape index (κ1) is 15.5. The van der Waals surface area contributed by atoms with E-state index >= 15 is 0 Å². The van der Waals surface area contributed by atoms with Crippen molar-refractivity contribution in [1.29, 1.82) is 0 Å². The number of hydrogen-bond donors (Lipinski definition) is 1. The molecule has 0 fully saturated rings. The maximum absolute atomic E-state index is 5.38. The highest BCUT2D eigenvalue weighted by molar-refractivity contribution is 9.10. The molecule has 0 amide bonds. The van der Waals surface area contributed by atoms with E-state index in [9.17, 15) is 0 Å². The van der Waals surface area contributed by atoms with Gasteiger partial charge in [0.1, 0.15) is 5.75 Å². The molecule has 0 aliphatic rings. The summed E-state index contributed by atoms with van der Waals surface area (Å²) in [6.45, 7) is 7.33. The molecular formula is C14H23BrN2O. The zero-order chi connectivity index (χ0) is 13.5. The Balaban J connectivity index is 2.52. The summed E-state index contributed by atoms with van der Waals surface area (Å²) in [6, 6.07) is 6.59. The van der Waals surface area contributed by atoms with Crippen molar-refractivity contribution in [2.75, 3.05) is 27.2 Å². The first-order chi connectivity index (χ1) is 8.56. The fourth-order valence-corrected chi connectivity index (χ4v) is 2.15. The number of rotatable bonds is 7. The minimum absolute atomic E-state index is 0.461. The van der Waals surface area contributed by atoms with Crippen molar-refractivity contribution in [3.63, 3.8) is 0 Å². The van der Waals surface area contributed by atoms with Crippen LogP contribution in [0.4, 0.5) is 0 Å². The molecule has 1 N–H and O–H groups in total. The Morgan fingerprint density at radius 2 is 2.17 bits per heavy atom. The van der Waals surface area contributed by atoms with Gasteiger partial charge in [0.25, 0.3) is 0 Å². The molecule has 4 heteroatoms. The highest BCUT2D eigenvalue weighted by Gasteiger charge is 2.07. The van der Waals surface area contributed by atoms with Crippen molar-refractivity contribution < 1.29 is 4.74 Å². The van der Waals surface area contributed by atoms with Gasteiger partial charge in [0.05, 0.1) is 7.11 Å². The lowest BCUT2D eigenvalue weighted by atomic mass is 10.2. The van der Waals surface area contributed by atoms with Crippen LogP contribution in [0, 0.1) is 0 Å². The lowest BCUT2D eigenvalue weighted by Crippen LogP contribution is -2.36. The second kappa shape index (κ2) is 7.77. The number of methoxy groups -OCH3 is 1. The van der Waals surface area contributed by atoms with E-state index in [4.69, 9.17) is 4.74 Å². The Morgan fingerprint density at radius 3 is 2.78 bits per heavy atom. The van der Waals surface area contributed by atoms with Crippen molar-refractivity contribution in [3.05, 3.63) is 28.2 Å². The number of nitrogens with zero attached hydrogens (tertiary/aromatic N) is 1. The van der Waals surface area contributed by atoms with Crippen LogP contribution in [0.5, 0.6) is 5.75 Å². The van der Waals surface area contributed by atoms with Gasteiger partial charge in [-0.15, -0.1) is 0 Å². The molecule has 1 unspecified atom stereocenters. The summed E-state index contributed by atoms with van der Waals surface area (Å²) >= 11 is 3.45. The van der Waals surface area contributed by atoms with Gasteiger partial charge in [0.15, 0.2) is 0 Å². The SMILES string of the molecule is CCN(C)CC(C)NCc1ccc(Br)cc1OC. The van der Waals surface area contributed by atoms with Crippen LogP contribution in [0.1, 0.15) is 19.4 Å². The third-order valence-electron chi connectivity index (χ3n) is 3.02. The van der Waals surface area contributed by atoms with Crippen LogP contribution in [0.3, 0.4) is 0 Å². The number of nitrogens with one attached hydrogen (secondary N) is 1. The van der Waals surface area contributed by atoms with Gasteiger partial charge in [-0.2, -0.15) is 0 Å². The predicted molar refractivity (Wildman–Crippen MR) is 80.2 cm³/mol. The Morgan fingerprint density at radius 1 is 1.44 bits per heavy atom. The molecule has 0 spiro atoms. The third kappa shape index (κ3) is 4.96. The fourth-order valence-electron chi connectivity index (χ4n) is 1.81. The van der Waals surface area contributed by atoms with E-state index in [0.717, 1.165) is 29.9 Å². The average molecular weight is 315 g/mol. The molecule has 0 aliphatic carbocycles. The Bertz CT molecular complexity index is 371. The Kier molecular flexibility index (Phi) is 6.68. The monoisotopic (exact) mass is 314 g/mol. The number of likely N-dealkylation sites (N-methyl/N-ethyl adjacent to an activating group) is 1. The van der Waals surface area contributed by atoms with E-state index in [-0.39, 0.29) is 0 Å². The van der Waals surface area contributed by atoms with Gasteiger partial charge < -0.3 is 15.0 Å². The van der Waals surface area contributed by atoms with Gasteiger partial charge in [-0.05, 0) is 32.6 Å². The molecule has 18 heavy (non-hydrogen) atoms. The quantitative estimate of drug-likeness (QED) is 0.837. The van der Waals surface area contributed by atoms with Crippen molar-refractivity contribution >= 4 is 15.9 Å². The highest BCUT2D eigenvalue weighted by atomic mass is 79.9. The summed E-state index contributed by atoms with van der Waals surface area (Å²) in [5, 5.41) is 3.52. The van der Waals surface area contributed by atoms with Crippen LogP contribution in [0.2, 0.25) is 0 Å². The largest absolute Gasteiger partial charge is 0.496 e. The lowest BCUT2D eigenvalue weighted by molar-refractivity contribution is 0.308. The molecule has 0 saturated carbocycles. The van der Waals surface area contributed by atoms with Crippen molar-refractivity contribution in [1.82, 2.24) is 10.2 Å². The van der Waals surface area contributed by atoms with E-state index in [1.165, 1.54) is 5.56 Å². The highest BCUT2D eigenvalue weighted by Crippen LogP contribution is 2.23. The molecule has 1 rings (SSSR count). The molecule has 0 radical (unpaired) electrons. The van der Waals surface area contributed by atoms with Crippen LogP contribution in [0.15, 0.2) is 22.7 Å². The smallest absolute Gasteiger partial charge is 0.124 e. The normalized spacial score (nSPS) is 12.8. The summed E-state index contributed by atoms with van der Waals surface area (Å²) in [7, 11) is 3.85. The van der Waals surface area contributed by atoms with Crippen LogP contribution in [-0.2, 0) is 6.54 Å². The molecule has 1 aromatic carbocycles. The average Bonchev–Trinajstić information content (AvgIpc) is 2.36. The van der Waals surface area contributed by atoms with E-state index in [1.807, 2.05) is 12.1 Å². The maximum Gasteiger partial charge on any atom is 0.124 e. The number of ether oxygens (including phenoxy) is 1. The second-order valence-electron chi connectivity index (χ2n) is 4.59. The van der Waals surface area contributed by atoms with Gasteiger partial charge in [-0.3, -0.25) is 0 Å². The molecule has 1 aromatic rings. The van der Waals surface area contributed by atoms with Crippen LogP contribution in [0.25, 0.3) is 0 Å². The van der Waals surface area contributed by atoms with Crippen LogP contribution < -0.4 is 10.1 Å². The molecular weight excluding hydrogens is 292 g/mol.